The fourth-order valence-corrected chi connectivity index (χ4v) is 3.37. The molecule has 2 aromatic rings. The highest BCUT2D eigenvalue weighted by molar-refractivity contribution is 5.26. The van der Waals surface area contributed by atoms with Crippen LogP contribution in [-0.4, -0.2) is 24.5 Å². The van der Waals surface area contributed by atoms with Crippen molar-refractivity contribution in [3.05, 3.63) is 60.1 Å². The van der Waals surface area contributed by atoms with Gasteiger partial charge in [-0.1, -0.05) is 30.3 Å². The van der Waals surface area contributed by atoms with Crippen LogP contribution in [0, 0.1) is 5.92 Å². The van der Waals surface area contributed by atoms with Gasteiger partial charge in [-0.2, -0.15) is 0 Å². The Morgan fingerprint density at radius 1 is 1.10 bits per heavy atom. The summed E-state index contributed by atoms with van der Waals surface area (Å²) in [5.74, 6) is 1.83. The maximum Gasteiger partial charge on any atom is 0.125 e. The molecule has 0 aliphatic carbocycles. The van der Waals surface area contributed by atoms with Crippen LogP contribution < -0.4 is 5.73 Å². The SMILES string of the molecule is NCCC1CCN(C(c2ccccc2)c2ccco2)CC1. The van der Waals surface area contributed by atoms with Crippen molar-refractivity contribution in [1.82, 2.24) is 4.90 Å². The van der Waals surface area contributed by atoms with Crippen molar-refractivity contribution in [3.8, 4) is 0 Å². The van der Waals surface area contributed by atoms with E-state index in [9.17, 15) is 0 Å². The Morgan fingerprint density at radius 2 is 1.86 bits per heavy atom. The molecule has 2 heterocycles. The molecular weight excluding hydrogens is 260 g/mol. The zero-order valence-electron chi connectivity index (χ0n) is 12.4. The Labute approximate surface area is 126 Å². The third-order valence-electron chi connectivity index (χ3n) is 4.52. The fourth-order valence-electron chi connectivity index (χ4n) is 3.37. The molecule has 0 spiro atoms. The maximum absolute atomic E-state index is 5.72. The monoisotopic (exact) mass is 284 g/mol. The molecule has 2 N–H and O–H groups in total. The van der Waals surface area contributed by atoms with Gasteiger partial charge in [0.1, 0.15) is 5.76 Å². The Hall–Kier alpha value is -1.58. The first-order valence-corrected chi connectivity index (χ1v) is 7.91. The lowest BCUT2D eigenvalue weighted by Gasteiger charge is -2.37. The lowest BCUT2D eigenvalue weighted by molar-refractivity contribution is 0.136. The van der Waals surface area contributed by atoms with Crippen LogP contribution in [0.4, 0.5) is 0 Å². The van der Waals surface area contributed by atoms with Crippen LogP contribution in [-0.2, 0) is 0 Å². The van der Waals surface area contributed by atoms with E-state index in [-0.39, 0.29) is 6.04 Å². The van der Waals surface area contributed by atoms with Gasteiger partial charge in [0.25, 0.3) is 0 Å². The minimum absolute atomic E-state index is 0.236. The van der Waals surface area contributed by atoms with Gasteiger partial charge in [-0.3, -0.25) is 4.90 Å². The summed E-state index contributed by atoms with van der Waals surface area (Å²) >= 11 is 0. The molecule has 112 valence electrons. The van der Waals surface area contributed by atoms with E-state index in [4.69, 9.17) is 10.2 Å². The Bertz CT molecular complexity index is 515. The van der Waals surface area contributed by atoms with Gasteiger partial charge in [0.05, 0.1) is 12.3 Å². The average molecular weight is 284 g/mol. The summed E-state index contributed by atoms with van der Waals surface area (Å²) in [7, 11) is 0. The number of hydrogen-bond acceptors (Lipinski definition) is 3. The van der Waals surface area contributed by atoms with Gasteiger partial charge in [0, 0.05) is 0 Å². The van der Waals surface area contributed by atoms with Gasteiger partial charge in [-0.25, -0.2) is 0 Å². The summed E-state index contributed by atoms with van der Waals surface area (Å²) in [6, 6.07) is 15.0. The molecule has 1 unspecified atom stereocenters. The van der Waals surface area contributed by atoms with Crippen LogP contribution in [0.2, 0.25) is 0 Å². The quantitative estimate of drug-likeness (QED) is 0.914. The molecule has 0 amide bonds. The molecule has 0 bridgehead atoms. The predicted octanol–water partition coefficient (Wildman–Crippen LogP) is 3.43. The van der Waals surface area contributed by atoms with E-state index < -0.39 is 0 Å². The molecule has 3 nitrogen and oxygen atoms in total. The molecule has 1 saturated heterocycles. The highest BCUT2D eigenvalue weighted by Crippen LogP contribution is 2.33. The van der Waals surface area contributed by atoms with Gasteiger partial charge < -0.3 is 10.2 Å². The van der Waals surface area contributed by atoms with Crippen LogP contribution in [0.1, 0.15) is 36.6 Å². The maximum atomic E-state index is 5.72. The second-order valence-corrected chi connectivity index (χ2v) is 5.89. The summed E-state index contributed by atoms with van der Waals surface area (Å²) in [6.07, 6.45) is 5.40. The number of hydrogen-bond donors (Lipinski definition) is 1. The summed E-state index contributed by atoms with van der Waals surface area (Å²) in [5, 5.41) is 0. The summed E-state index contributed by atoms with van der Waals surface area (Å²) in [5.41, 5.74) is 7.00. The predicted molar refractivity (Wildman–Crippen MR) is 85.0 cm³/mol. The molecule has 0 saturated carbocycles. The summed E-state index contributed by atoms with van der Waals surface area (Å²) in [6.45, 7) is 3.04. The third kappa shape index (κ3) is 3.36. The minimum Gasteiger partial charge on any atom is -0.467 e. The standard InChI is InChI=1S/C18H24N2O/c19-11-8-15-9-12-20(13-10-15)18(17-7-4-14-21-17)16-5-2-1-3-6-16/h1-7,14-15,18H,8-13,19H2. The number of benzene rings is 1. The number of nitrogens with two attached hydrogens (primary N) is 1. The van der Waals surface area contributed by atoms with Gasteiger partial charge in [0.15, 0.2) is 0 Å². The molecule has 3 heteroatoms. The van der Waals surface area contributed by atoms with Gasteiger partial charge in [-0.05, 0) is 62.5 Å². The van der Waals surface area contributed by atoms with Crippen molar-refractivity contribution < 1.29 is 4.42 Å². The molecular formula is C18H24N2O. The highest BCUT2D eigenvalue weighted by Gasteiger charge is 2.28. The first-order valence-electron chi connectivity index (χ1n) is 7.91. The number of likely N-dealkylation sites (tertiary alicyclic amines) is 1. The Balaban J connectivity index is 1.78. The van der Waals surface area contributed by atoms with E-state index >= 15 is 0 Å². The van der Waals surface area contributed by atoms with Crippen LogP contribution in [0.15, 0.2) is 53.1 Å². The smallest absolute Gasteiger partial charge is 0.125 e. The summed E-state index contributed by atoms with van der Waals surface area (Å²) < 4.78 is 5.72. The molecule has 1 aliphatic heterocycles. The lowest BCUT2D eigenvalue weighted by atomic mass is 9.91. The Kier molecular flexibility index (Phi) is 4.73. The third-order valence-corrected chi connectivity index (χ3v) is 4.52. The van der Waals surface area contributed by atoms with E-state index in [0.29, 0.717) is 0 Å². The highest BCUT2D eigenvalue weighted by atomic mass is 16.3. The molecule has 3 rings (SSSR count). The van der Waals surface area contributed by atoms with Crippen LogP contribution in [0.3, 0.4) is 0 Å². The Morgan fingerprint density at radius 3 is 2.48 bits per heavy atom. The van der Waals surface area contributed by atoms with Crippen molar-refractivity contribution in [2.24, 2.45) is 11.7 Å². The van der Waals surface area contributed by atoms with E-state index in [1.165, 1.54) is 18.4 Å². The van der Waals surface area contributed by atoms with Crippen molar-refractivity contribution in [1.29, 1.82) is 0 Å². The average Bonchev–Trinajstić information content (AvgIpc) is 3.05. The first-order chi connectivity index (χ1) is 10.4. The number of furan rings is 1. The second-order valence-electron chi connectivity index (χ2n) is 5.89. The van der Waals surface area contributed by atoms with Crippen molar-refractivity contribution in [2.75, 3.05) is 19.6 Å². The fraction of sp³-hybridized carbons (Fsp3) is 0.444. The van der Waals surface area contributed by atoms with E-state index in [1.54, 1.807) is 6.26 Å². The number of piperidine rings is 1. The zero-order valence-corrected chi connectivity index (χ0v) is 12.4. The van der Waals surface area contributed by atoms with Crippen molar-refractivity contribution in [3.63, 3.8) is 0 Å². The zero-order chi connectivity index (χ0) is 14.5. The van der Waals surface area contributed by atoms with Gasteiger partial charge in [-0.15, -0.1) is 0 Å². The lowest BCUT2D eigenvalue weighted by Crippen LogP contribution is -2.37. The van der Waals surface area contributed by atoms with Crippen LogP contribution in [0.25, 0.3) is 0 Å². The molecule has 1 aromatic heterocycles. The number of nitrogens with zero attached hydrogens (tertiary/aromatic N) is 1. The van der Waals surface area contributed by atoms with E-state index in [2.05, 4.69) is 41.3 Å². The molecule has 1 aromatic carbocycles. The summed E-state index contributed by atoms with van der Waals surface area (Å²) in [4.78, 5) is 2.54. The van der Waals surface area contributed by atoms with Gasteiger partial charge in [0.2, 0.25) is 0 Å². The van der Waals surface area contributed by atoms with Gasteiger partial charge >= 0.3 is 0 Å². The molecule has 21 heavy (non-hydrogen) atoms. The first kappa shape index (κ1) is 14.4. The van der Waals surface area contributed by atoms with Crippen LogP contribution in [0.5, 0.6) is 0 Å². The topological polar surface area (TPSA) is 42.4 Å². The van der Waals surface area contributed by atoms with E-state index in [1.807, 2.05) is 6.07 Å². The second kappa shape index (κ2) is 6.92. The molecule has 0 radical (unpaired) electrons. The minimum atomic E-state index is 0.236. The molecule has 1 aliphatic rings. The largest absolute Gasteiger partial charge is 0.467 e. The molecule has 1 atom stereocenters. The normalized spacial score (nSPS) is 18.7. The van der Waals surface area contributed by atoms with E-state index in [0.717, 1.165) is 37.7 Å². The van der Waals surface area contributed by atoms with Crippen LogP contribution >= 0.6 is 0 Å². The van der Waals surface area contributed by atoms with Crippen molar-refractivity contribution in [2.45, 2.75) is 25.3 Å². The number of rotatable bonds is 5. The van der Waals surface area contributed by atoms with Crippen molar-refractivity contribution >= 4 is 0 Å². The molecule has 1 fully saturated rings.